The van der Waals surface area contributed by atoms with Gasteiger partial charge in [-0.25, -0.2) is 0 Å². The number of hydrogen-bond donors (Lipinski definition) is 0. The van der Waals surface area contributed by atoms with Crippen LogP contribution in [-0.4, -0.2) is 66.7 Å². The molecule has 6 rings (SSSR count). The third kappa shape index (κ3) is 4.84. The maximum atomic E-state index is 6.92. The predicted molar refractivity (Wildman–Crippen MR) is 147 cm³/mol. The number of rotatable bonds is 4. The summed E-state index contributed by atoms with van der Waals surface area (Å²) in [6.45, 7) is 7.23. The van der Waals surface area contributed by atoms with Gasteiger partial charge in [-0.2, -0.15) is 0 Å². The molecule has 2 aromatic rings. The SMILES string of the molecule is CN1CCN(c2ccc(CN3CCC4(CC3)OC(c3cc(Cl)cc(Cl)c3)C3=CCCC=C34)nc2)CC1. The molecule has 0 saturated carbocycles. The van der Waals surface area contributed by atoms with E-state index in [1.165, 1.54) is 16.8 Å². The number of anilines is 1. The highest BCUT2D eigenvalue weighted by Crippen LogP contribution is 2.54. The smallest absolute Gasteiger partial charge is 0.109 e. The van der Waals surface area contributed by atoms with Crippen molar-refractivity contribution in [3.8, 4) is 0 Å². The average molecular weight is 526 g/mol. The topological polar surface area (TPSA) is 31.8 Å². The van der Waals surface area contributed by atoms with E-state index in [0.717, 1.165) is 82.8 Å². The first-order valence-electron chi connectivity index (χ1n) is 13.1. The molecule has 0 N–H and O–H groups in total. The normalized spacial score (nSPS) is 24.5. The zero-order chi connectivity index (χ0) is 24.7. The number of likely N-dealkylation sites (tertiary alicyclic amines) is 1. The van der Waals surface area contributed by atoms with Crippen molar-refractivity contribution in [3.05, 3.63) is 81.1 Å². The molecule has 1 spiro atoms. The number of allylic oxidation sites excluding steroid dienone is 2. The van der Waals surface area contributed by atoms with Gasteiger partial charge in [0.25, 0.3) is 0 Å². The van der Waals surface area contributed by atoms with E-state index in [9.17, 15) is 0 Å². The molecule has 3 fully saturated rings. The predicted octanol–water partition coefficient (Wildman–Crippen LogP) is 5.89. The molecular weight excluding hydrogens is 491 g/mol. The Morgan fingerprint density at radius 3 is 2.36 bits per heavy atom. The van der Waals surface area contributed by atoms with Crippen LogP contribution in [-0.2, 0) is 11.3 Å². The quantitative estimate of drug-likeness (QED) is 0.497. The Hall–Kier alpha value is -1.89. The van der Waals surface area contributed by atoms with Gasteiger partial charge >= 0.3 is 0 Å². The second kappa shape index (κ2) is 10.1. The van der Waals surface area contributed by atoms with Crippen LogP contribution in [0.4, 0.5) is 5.69 Å². The minimum atomic E-state index is -0.221. The Morgan fingerprint density at radius 1 is 0.944 bits per heavy atom. The first-order valence-corrected chi connectivity index (χ1v) is 13.9. The van der Waals surface area contributed by atoms with Crippen LogP contribution in [0.5, 0.6) is 0 Å². The summed E-state index contributed by atoms with van der Waals surface area (Å²) in [7, 11) is 2.19. The fraction of sp³-hybridized carbons (Fsp3) is 0.483. The Labute approximate surface area is 224 Å². The Bertz CT molecular complexity index is 1140. The maximum absolute atomic E-state index is 6.92. The lowest BCUT2D eigenvalue weighted by molar-refractivity contribution is -0.0613. The monoisotopic (exact) mass is 524 g/mol. The number of hydrogen-bond acceptors (Lipinski definition) is 5. The molecule has 4 heterocycles. The highest BCUT2D eigenvalue weighted by atomic mass is 35.5. The summed E-state index contributed by atoms with van der Waals surface area (Å²) in [5, 5.41) is 1.31. The van der Waals surface area contributed by atoms with Crippen LogP contribution in [0.3, 0.4) is 0 Å². The van der Waals surface area contributed by atoms with Gasteiger partial charge in [-0.05, 0) is 79.8 Å². The summed E-state index contributed by atoms with van der Waals surface area (Å²) in [6.07, 6.45) is 10.9. The zero-order valence-corrected chi connectivity index (χ0v) is 22.4. The summed E-state index contributed by atoms with van der Waals surface area (Å²) in [6, 6.07) is 10.2. The standard InChI is InChI=1S/C29H34Cl2N4O/c1-33-12-14-35(15-13-33)25-7-6-24(32-19-25)20-34-10-8-29(9-11-34)27-5-3-2-4-26(27)28(36-29)21-16-22(30)18-23(31)17-21/h4-7,16-19,28H,2-3,8-15,20H2,1H3. The number of piperidine rings is 1. The maximum Gasteiger partial charge on any atom is 0.109 e. The largest absolute Gasteiger partial charge is 0.368 e. The van der Waals surface area contributed by atoms with Crippen molar-refractivity contribution in [2.45, 2.75) is 43.9 Å². The molecular formula is C29H34Cl2N4O. The number of nitrogens with zero attached hydrogens (tertiary/aromatic N) is 4. The van der Waals surface area contributed by atoms with Crippen molar-refractivity contribution in [1.82, 2.24) is 14.8 Å². The second-order valence-corrected chi connectivity index (χ2v) is 11.5. The Kier molecular flexibility index (Phi) is 6.87. The van der Waals surface area contributed by atoms with Gasteiger partial charge in [-0.3, -0.25) is 9.88 Å². The molecule has 7 heteroatoms. The van der Waals surface area contributed by atoms with Crippen molar-refractivity contribution < 1.29 is 4.74 Å². The third-order valence-corrected chi connectivity index (χ3v) is 8.66. The van der Waals surface area contributed by atoms with Gasteiger partial charge in [0.05, 0.1) is 23.2 Å². The van der Waals surface area contributed by atoms with E-state index in [-0.39, 0.29) is 11.7 Å². The van der Waals surface area contributed by atoms with E-state index >= 15 is 0 Å². The summed E-state index contributed by atoms with van der Waals surface area (Å²) in [5.41, 5.74) is 5.91. The van der Waals surface area contributed by atoms with Crippen molar-refractivity contribution in [2.75, 3.05) is 51.2 Å². The van der Waals surface area contributed by atoms with E-state index < -0.39 is 0 Å². The van der Waals surface area contributed by atoms with Crippen molar-refractivity contribution in [2.24, 2.45) is 0 Å². The third-order valence-electron chi connectivity index (χ3n) is 8.22. The van der Waals surface area contributed by atoms with Crippen molar-refractivity contribution in [1.29, 1.82) is 0 Å². The zero-order valence-electron chi connectivity index (χ0n) is 20.9. The summed E-state index contributed by atoms with van der Waals surface area (Å²) >= 11 is 12.7. The van der Waals surface area contributed by atoms with E-state index in [0.29, 0.717) is 10.0 Å². The highest BCUT2D eigenvalue weighted by Gasteiger charge is 2.49. The number of ether oxygens (including phenoxy) is 1. The van der Waals surface area contributed by atoms with Gasteiger partial charge in [-0.1, -0.05) is 35.4 Å². The molecule has 5 nitrogen and oxygen atoms in total. The Morgan fingerprint density at radius 2 is 1.67 bits per heavy atom. The number of pyridine rings is 1. The van der Waals surface area contributed by atoms with Gasteiger partial charge in [-0.15, -0.1) is 0 Å². The van der Waals surface area contributed by atoms with Crippen LogP contribution >= 0.6 is 23.2 Å². The van der Waals surface area contributed by atoms with Gasteiger partial charge in [0.15, 0.2) is 0 Å². The molecule has 0 radical (unpaired) electrons. The summed E-state index contributed by atoms with van der Waals surface area (Å²) < 4.78 is 6.92. The first kappa shape index (κ1) is 24.4. The average Bonchev–Trinajstić information content (AvgIpc) is 3.20. The van der Waals surface area contributed by atoms with E-state index in [4.69, 9.17) is 32.9 Å². The fourth-order valence-electron chi connectivity index (χ4n) is 6.17. The summed E-state index contributed by atoms with van der Waals surface area (Å²) in [4.78, 5) is 12.1. The van der Waals surface area contributed by atoms with Gasteiger partial charge < -0.3 is 14.5 Å². The molecule has 190 valence electrons. The molecule has 1 atom stereocenters. The molecule has 3 aliphatic heterocycles. The number of piperazine rings is 1. The minimum absolute atomic E-state index is 0.0944. The van der Waals surface area contributed by atoms with Crippen LogP contribution in [0.15, 0.2) is 59.8 Å². The molecule has 3 saturated heterocycles. The van der Waals surface area contributed by atoms with Crippen LogP contribution in [0.1, 0.15) is 43.0 Å². The van der Waals surface area contributed by atoms with Gasteiger partial charge in [0, 0.05) is 55.9 Å². The van der Waals surface area contributed by atoms with Gasteiger partial charge in [0.2, 0.25) is 0 Å². The first-order chi connectivity index (χ1) is 17.5. The number of aromatic nitrogens is 1. The minimum Gasteiger partial charge on any atom is -0.368 e. The van der Waals surface area contributed by atoms with Crippen molar-refractivity contribution in [3.63, 3.8) is 0 Å². The molecule has 1 aliphatic carbocycles. The summed E-state index contributed by atoms with van der Waals surface area (Å²) in [5.74, 6) is 0. The molecule has 1 aromatic heterocycles. The lowest BCUT2D eigenvalue weighted by Gasteiger charge is -2.40. The number of fused-ring (bicyclic) bond motifs is 2. The Balaban J connectivity index is 1.12. The van der Waals surface area contributed by atoms with E-state index in [1.54, 1.807) is 6.07 Å². The fourth-order valence-corrected chi connectivity index (χ4v) is 6.71. The molecule has 1 unspecified atom stereocenters. The molecule has 0 amide bonds. The molecule has 0 bridgehead atoms. The molecule has 1 aromatic carbocycles. The molecule has 36 heavy (non-hydrogen) atoms. The van der Waals surface area contributed by atoms with E-state index in [2.05, 4.69) is 52.2 Å². The number of benzene rings is 1. The molecule has 4 aliphatic rings. The second-order valence-electron chi connectivity index (χ2n) is 10.6. The van der Waals surface area contributed by atoms with E-state index in [1.807, 2.05) is 12.1 Å². The number of likely N-dealkylation sites (N-methyl/N-ethyl adjacent to an activating group) is 1. The van der Waals surface area contributed by atoms with Crippen LogP contribution < -0.4 is 4.90 Å². The lowest BCUT2D eigenvalue weighted by atomic mass is 9.79. The number of halogens is 2. The van der Waals surface area contributed by atoms with Crippen LogP contribution in [0, 0.1) is 0 Å². The van der Waals surface area contributed by atoms with Crippen LogP contribution in [0.2, 0.25) is 10.0 Å². The lowest BCUT2D eigenvalue weighted by Crippen LogP contribution is -2.45. The van der Waals surface area contributed by atoms with Gasteiger partial charge in [0.1, 0.15) is 6.10 Å². The highest BCUT2D eigenvalue weighted by molar-refractivity contribution is 6.34. The van der Waals surface area contributed by atoms with Crippen molar-refractivity contribution >= 4 is 28.9 Å². The van der Waals surface area contributed by atoms with Crippen LogP contribution in [0.25, 0.3) is 0 Å².